The van der Waals surface area contributed by atoms with Crippen LogP contribution in [0.4, 0.5) is 5.69 Å². The Morgan fingerprint density at radius 2 is 2.00 bits per heavy atom. The van der Waals surface area contributed by atoms with E-state index in [1.165, 1.54) is 13.2 Å². The smallest absolute Gasteiger partial charge is 0.291 e. The second-order valence-electron chi connectivity index (χ2n) is 4.53. The summed E-state index contributed by atoms with van der Waals surface area (Å²) >= 11 is 0. The average molecular weight is 301 g/mol. The van der Waals surface area contributed by atoms with Crippen LogP contribution in [0.1, 0.15) is 10.4 Å². The number of aldehydes is 1. The van der Waals surface area contributed by atoms with Gasteiger partial charge in [-0.05, 0) is 17.7 Å². The summed E-state index contributed by atoms with van der Waals surface area (Å²) < 4.78 is 15.7. The number of carbonyl (C=O) groups is 1. The maximum absolute atomic E-state index is 11.4. The van der Waals surface area contributed by atoms with E-state index in [-0.39, 0.29) is 29.4 Å². The van der Waals surface area contributed by atoms with Gasteiger partial charge >= 0.3 is 0 Å². The molecule has 0 saturated carbocycles. The lowest BCUT2D eigenvalue weighted by Crippen LogP contribution is -1.99. The van der Waals surface area contributed by atoms with Crippen LogP contribution in [0.3, 0.4) is 0 Å². The summed E-state index contributed by atoms with van der Waals surface area (Å²) in [6.45, 7) is -0.0437. The number of carbonyl (C=O) groups excluding carboxylic acids is 1. The highest BCUT2D eigenvalue weighted by atomic mass is 16.7. The molecule has 0 atom stereocenters. The van der Waals surface area contributed by atoms with Gasteiger partial charge in [-0.25, -0.2) is 0 Å². The fraction of sp³-hybridized carbons (Fsp3) is 0.133. The number of hydrogen-bond acceptors (Lipinski definition) is 6. The number of nitro benzene ring substituents is 1. The number of fused-ring (bicyclic) bond motifs is 1. The van der Waals surface area contributed by atoms with E-state index in [9.17, 15) is 14.9 Å². The number of rotatable bonds is 4. The number of methoxy groups -OCH3 is 1. The minimum absolute atomic E-state index is 0.0437. The molecule has 0 spiro atoms. The van der Waals surface area contributed by atoms with Gasteiger partial charge in [-0.15, -0.1) is 0 Å². The molecule has 1 aliphatic heterocycles. The standard InChI is InChI=1S/C15H11NO6/c1-20-11-4-2-9(3-5-11)13-14(16(18)19)10(7-17)6-12-15(13)22-8-21-12/h2-7H,8H2,1H3. The van der Waals surface area contributed by atoms with Crippen molar-refractivity contribution in [1.82, 2.24) is 0 Å². The van der Waals surface area contributed by atoms with Gasteiger partial charge in [0.15, 0.2) is 17.8 Å². The first-order chi connectivity index (χ1) is 10.7. The van der Waals surface area contributed by atoms with Crippen LogP contribution in [-0.4, -0.2) is 25.1 Å². The van der Waals surface area contributed by atoms with Crippen LogP contribution in [0.15, 0.2) is 30.3 Å². The molecule has 0 bridgehead atoms. The van der Waals surface area contributed by atoms with Gasteiger partial charge in [-0.1, -0.05) is 12.1 Å². The van der Waals surface area contributed by atoms with E-state index in [1.54, 1.807) is 24.3 Å². The van der Waals surface area contributed by atoms with Gasteiger partial charge in [0.05, 0.1) is 17.6 Å². The third-order valence-corrected chi connectivity index (χ3v) is 3.35. The normalized spacial score (nSPS) is 12.0. The van der Waals surface area contributed by atoms with E-state index in [0.29, 0.717) is 23.3 Å². The highest BCUT2D eigenvalue weighted by Crippen LogP contribution is 2.48. The molecule has 2 aromatic rings. The maximum atomic E-state index is 11.4. The summed E-state index contributed by atoms with van der Waals surface area (Å²) in [6.07, 6.45) is 0.438. The van der Waals surface area contributed by atoms with Gasteiger partial charge in [0.25, 0.3) is 5.69 Å². The molecular weight excluding hydrogens is 290 g/mol. The molecule has 1 heterocycles. The van der Waals surface area contributed by atoms with Crippen LogP contribution in [0.5, 0.6) is 17.2 Å². The molecular formula is C15H11NO6. The van der Waals surface area contributed by atoms with Crippen LogP contribution < -0.4 is 14.2 Å². The van der Waals surface area contributed by atoms with Crippen molar-refractivity contribution in [3.63, 3.8) is 0 Å². The van der Waals surface area contributed by atoms with Crippen LogP contribution in [-0.2, 0) is 0 Å². The van der Waals surface area contributed by atoms with E-state index >= 15 is 0 Å². The van der Waals surface area contributed by atoms with Crippen molar-refractivity contribution >= 4 is 12.0 Å². The molecule has 112 valence electrons. The Hall–Kier alpha value is -3.09. The van der Waals surface area contributed by atoms with Gasteiger partial charge in [-0.2, -0.15) is 0 Å². The molecule has 1 aliphatic rings. The summed E-state index contributed by atoms with van der Waals surface area (Å²) in [4.78, 5) is 22.0. The lowest BCUT2D eigenvalue weighted by atomic mass is 9.98. The van der Waals surface area contributed by atoms with Gasteiger partial charge in [0, 0.05) is 6.07 Å². The van der Waals surface area contributed by atoms with Crippen LogP contribution >= 0.6 is 0 Å². The van der Waals surface area contributed by atoms with Gasteiger partial charge in [0.2, 0.25) is 6.79 Å². The molecule has 7 heteroatoms. The molecule has 0 saturated heterocycles. The minimum atomic E-state index is -0.592. The third kappa shape index (κ3) is 2.12. The van der Waals surface area contributed by atoms with E-state index in [4.69, 9.17) is 14.2 Å². The summed E-state index contributed by atoms with van der Waals surface area (Å²) in [5.74, 6) is 1.20. The van der Waals surface area contributed by atoms with Crippen LogP contribution in [0.25, 0.3) is 11.1 Å². The quantitative estimate of drug-likeness (QED) is 0.490. The molecule has 7 nitrogen and oxygen atoms in total. The maximum Gasteiger partial charge on any atom is 0.291 e. The molecule has 0 aliphatic carbocycles. The second kappa shape index (κ2) is 5.36. The van der Waals surface area contributed by atoms with Gasteiger partial charge in [0.1, 0.15) is 11.3 Å². The first kappa shape index (κ1) is 13.9. The number of nitro groups is 1. The SMILES string of the molecule is COc1ccc(-c2c3c(cc(C=O)c2[N+](=O)[O-])OCO3)cc1. The van der Waals surface area contributed by atoms with E-state index < -0.39 is 4.92 Å². The predicted molar refractivity (Wildman–Crippen MR) is 76.6 cm³/mol. The summed E-state index contributed by atoms with van der Waals surface area (Å²) in [6, 6.07) is 8.00. The van der Waals surface area contributed by atoms with Gasteiger partial charge < -0.3 is 14.2 Å². The summed E-state index contributed by atoms with van der Waals surface area (Å²) in [5, 5.41) is 11.4. The summed E-state index contributed by atoms with van der Waals surface area (Å²) in [7, 11) is 1.53. The van der Waals surface area contributed by atoms with Crippen molar-refractivity contribution in [2.75, 3.05) is 13.9 Å². The number of nitrogens with zero attached hydrogens (tertiary/aromatic N) is 1. The highest BCUT2D eigenvalue weighted by Gasteiger charge is 2.31. The largest absolute Gasteiger partial charge is 0.497 e. The zero-order chi connectivity index (χ0) is 15.7. The zero-order valence-electron chi connectivity index (χ0n) is 11.6. The highest BCUT2D eigenvalue weighted by molar-refractivity contribution is 5.94. The number of benzene rings is 2. The van der Waals surface area contributed by atoms with E-state index in [1.807, 2.05) is 0 Å². The Morgan fingerprint density at radius 3 is 2.59 bits per heavy atom. The summed E-state index contributed by atoms with van der Waals surface area (Å²) in [5.41, 5.74) is 0.409. The molecule has 3 rings (SSSR count). The minimum Gasteiger partial charge on any atom is -0.497 e. The molecule has 0 N–H and O–H groups in total. The molecule has 0 radical (unpaired) electrons. The van der Waals surface area contributed by atoms with Crippen molar-refractivity contribution < 1.29 is 23.9 Å². The molecule has 2 aromatic carbocycles. The zero-order valence-corrected chi connectivity index (χ0v) is 11.6. The van der Waals surface area contributed by atoms with Crippen molar-refractivity contribution in [3.05, 3.63) is 46.0 Å². The Balaban J connectivity index is 2.29. The topological polar surface area (TPSA) is 87.9 Å². The predicted octanol–water partition coefficient (Wildman–Crippen LogP) is 2.81. The van der Waals surface area contributed by atoms with Gasteiger partial charge in [-0.3, -0.25) is 14.9 Å². The first-order valence-corrected chi connectivity index (χ1v) is 6.36. The van der Waals surface area contributed by atoms with E-state index in [0.717, 1.165) is 0 Å². The van der Waals surface area contributed by atoms with Crippen molar-refractivity contribution in [3.8, 4) is 28.4 Å². The molecule has 0 amide bonds. The first-order valence-electron chi connectivity index (χ1n) is 6.36. The fourth-order valence-corrected chi connectivity index (χ4v) is 2.36. The lowest BCUT2D eigenvalue weighted by Gasteiger charge is -2.09. The molecule has 0 fully saturated rings. The van der Waals surface area contributed by atoms with Crippen molar-refractivity contribution in [2.45, 2.75) is 0 Å². The number of hydrogen-bond donors (Lipinski definition) is 0. The monoisotopic (exact) mass is 301 g/mol. The lowest BCUT2D eigenvalue weighted by molar-refractivity contribution is -0.384. The molecule has 0 aromatic heterocycles. The van der Waals surface area contributed by atoms with Crippen molar-refractivity contribution in [1.29, 1.82) is 0 Å². The van der Waals surface area contributed by atoms with E-state index in [2.05, 4.69) is 0 Å². The third-order valence-electron chi connectivity index (χ3n) is 3.35. The molecule has 0 unspecified atom stereocenters. The fourth-order valence-electron chi connectivity index (χ4n) is 2.36. The van der Waals surface area contributed by atoms with Crippen molar-refractivity contribution in [2.24, 2.45) is 0 Å². The Bertz CT molecular complexity index is 754. The Kier molecular flexibility index (Phi) is 3.38. The number of ether oxygens (including phenoxy) is 3. The second-order valence-corrected chi connectivity index (χ2v) is 4.53. The molecule has 22 heavy (non-hydrogen) atoms. The Morgan fingerprint density at radius 1 is 1.27 bits per heavy atom. The Labute approximate surface area is 125 Å². The van der Waals surface area contributed by atoms with Crippen LogP contribution in [0, 0.1) is 10.1 Å². The average Bonchev–Trinajstić information content (AvgIpc) is 3.01. The van der Waals surface area contributed by atoms with Crippen LogP contribution in [0.2, 0.25) is 0 Å².